The molecule has 1 aliphatic heterocycles. The Morgan fingerprint density at radius 1 is 1.21 bits per heavy atom. The normalized spacial score (nSPS) is 27.2. The molecule has 7 heteroatoms. The summed E-state index contributed by atoms with van der Waals surface area (Å²) in [4.78, 5) is 4.90. The van der Waals surface area contributed by atoms with Gasteiger partial charge in [-0.25, -0.2) is 0 Å². The van der Waals surface area contributed by atoms with E-state index in [2.05, 4.69) is 24.5 Å². The van der Waals surface area contributed by atoms with Crippen molar-refractivity contribution < 1.29 is 9.84 Å². The van der Waals surface area contributed by atoms with Gasteiger partial charge in [0.15, 0.2) is 5.96 Å². The van der Waals surface area contributed by atoms with E-state index in [0.717, 1.165) is 76.5 Å². The molecule has 0 bridgehead atoms. The van der Waals surface area contributed by atoms with E-state index in [-0.39, 0.29) is 34.8 Å². The summed E-state index contributed by atoms with van der Waals surface area (Å²) in [6.07, 6.45) is 5.89. The van der Waals surface area contributed by atoms with Gasteiger partial charge in [0.05, 0.1) is 12.6 Å². The van der Waals surface area contributed by atoms with Crippen LogP contribution in [0, 0.1) is 0 Å². The van der Waals surface area contributed by atoms with Crippen molar-refractivity contribution in [2.45, 2.75) is 69.3 Å². The van der Waals surface area contributed by atoms with Gasteiger partial charge >= 0.3 is 0 Å². The minimum absolute atomic E-state index is 0. The van der Waals surface area contributed by atoms with Gasteiger partial charge in [-0.05, 0) is 51.2 Å². The first-order chi connectivity index (χ1) is 11.2. The Labute approximate surface area is 168 Å². The van der Waals surface area contributed by atoms with Gasteiger partial charge in [0.25, 0.3) is 0 Å². The number of thioether (sulfide) groups is 1. The molecule has 0 aromatic rings. The smallest absolute Gasteiger partial charge is 0.191 e. The fourth-order valence-electron chi connectivity index (χ4n) is 3.35. The number of ether oxygens (including phenoxy) is 1. The SMILES string of the molecule is CCNC(=NCC1(SCC)CCOCC1)NC1CCC(O)CC1.I. The number of aliphatic hydroxyl groups excluding tert-OH is 1. The molecule has 3 N–H and O–H groups in total. The van der Waals surface area contributed by atoms with Gasteiger partial charge in [-0.2, -0.15) is 11.8 Å². The third kappa shape index (κ3) is 7.25. The number of nitrogens with zero attached hydrogens (tertiary/aromatic N) is 1. The highest BCUT2D eigenvalue weighted by Crippen LogP contribution is 2.35. The van der Waals surface area contributed by atoms with Gasteiger partial charge < -0.3 is 20.5 Å². The molecule has 1 saturated heterocycles. The van der Waals surface area contributed by atoms with Crippen LogP contribution in [0.3, 0.4) is 0 Å². The fraction of sp³-hybridized carbons (Fsp3) is 0.941. The standard InChI is InChI=1S/C17H33N3O2S.HI/c1-3-18-16(20-14-5-7-15(21)8-6-14)19-13-17(23-4-2)9-11-22-12-10-17;/h14-15,21H,3-13H2,1-2H3,(H2,18,19,20);1H. The molecule has 1 heterocycles. The van der Waals surface area contributed by atoms with Crippen molar-refractivity contribution in [1.29, 1.82) is 0 Å². The molecule has 0 radical (unpaired) electrons. The predicted octanol–water partition coefficient (Wildman–Crippen LogP) is 2.77. The van der Waals surface area contributed by atoms with Crippen molar-refractivity contribution in [3.05, 3.63) is 0 Å². The zero-order valence-corrected chi connectivity index (χ0v) is 18.2. The number of halogens is 1. The maximum Gasteiger partial charge on any atom is 0.191 e. The molecule has 2 rings (SSSR count). The van der Waals surface area contributed by atoms with Crippen LogP contribution in [-0.2, 0) is 4.74 Å². The van der Waals surface area contributed by atoms with Crippen molar-refractivity contribution in [3.8, 4) is 0 Å². The molecular formula is C17H34IN3O2S. The lowest BCUT2D eigenvalue weighted by Gasteiger charge is -2.35. The molecule has 0 aromatic heterocycles. The van der Waals surface area contributed by atoms with Crippen LogP contribution in [0.4, 0.5) is 0 Å². The van der Waals surface area contributed by atoms with E-state index in [0.29, 0.717) is 6.04 Å². The van der Waals surface area contributed by atoms with Crippen molar-refractivity contribution in [3.63, 3.8) is 0 Å². The van der Waals surface area contributed by atoms with E-state index < -0.39 is 0 Å². The number of hydrogen-bond donors (Lipinski definition) is 3. The molecule has 24 heavy (non-hydrogen) atoms. The average molecular weight is 471 g/mol. The molecule has 2 aliphatic rings. The van der Waals surface area contributed by atoms with Crippen LogP contribution >= 0.6 is 35.7 Å². The quantitative estimate of drug-likeness (QED) is 0.316. The van der Waals surface area contributed by atoms with E-state index in [4.69, 9.17) is 9.73 Å². The molecule has 1 aliphatic carbocycles. The first-order valence-electron chi connectivity index (χ1n) is 9.12. The lowest BCUT2D eigenvalue weighted by molar-refractivity contribution is 0.0793. The Balaban J connectivity index is 0.00000288. The van der Waals surface area contributed by atoms with E-state index in [9.17, 15) is 5.11 Å². The lowest BCUT2D eigenvalue weighted by Crippen LogP contribution is -2.46. The second-order valence-corrected chi connectivity index (χ2v) is 8.31. The van der Waals surface area contributed by atoms with E-state index in [1.54, 1.807) is 0 Å². The summed E-state index contributed by atoms with van der Waals surface area (Å²) >= 11 is 2.03. The summed E-state index contributed by atoms with van der Waals surface area (Å²) in [6, 6.07) is 0.431. The highest BCUT2D eigenvalue weighted by Gasteiger charge is 2.32. The third-order valence-electron chi connectivity index (χ3n) is 4.76. The summed E-state index contributed by atoms with van der Waals surface area (Å²) in [5.74, 6) is 2.05. The first-order valence-corrected chi connectivity index (χ1v) is 10.1. The van der Waals surface area contributed by atoms with Gasteiger partial charge in [-0.15, -0.1) is 24.0 Å². The van der Waals surface area contributed by atoms with Crippen LogP contribution in [0.25, 0.3) is 0 Å². The van der Waals surface area contributed by atoms with Gasteiger partial charge in [0, 0.05) is 30.5 Å². The molecule has 1 saturated carbocycles. The molecule has 0 spiro atoms. The molecule has 0 aromatic carbocycles. The summed E-state index contributed by atoms with van der Waals surface area (Å²) in [5.41, 5.74) is 0. The van der Waals surface area contributed by atoms with Crippen LogP contribution in [0.1, 0.15) is 52.4 Å². The molecule has 0 atom stereocenters. The summed E-state index contributed by atoms with van der Waals surface area (Å²) < 4.78 is 5.77. The van der Waals surface area contributed by atoms with Crippen LogP contribution in [0.15, 0.2) is 4.99 Å². The predicted molar refractivity (Wildman–Crippen MR) is 114 cm³/mol. The third-order valence-corrected chi connectivity index (χ3v) is 6.20. The monoisotopic (exact) mass is 471 g/mol. The number of rotatable bonds is 6. The van der Waals surface area contributed by atoms with Crippen molar-refractivity contribution in [2.75, 3.05) is 32.1 Å². The van der Waals surface area contributed by atoms with E-state index in [1.165, 1.54) is 0 Å². The molecule has 2 fully saturated rings. The topological polar surface area (TPSA) is 65.9 Å². The number of nitrogens with one attached hydrogen (secondary N) is 2. The Hall–Kier alpha value is 0.270. The van der Waals surface area contributed by atoms with Crippen molar-refractivity contribution in [2.24, 2.45) is 4.99 Å². The second-order valence-electron chi connectivity index (χ2n) is 6.57. The van der Waals surface area contributed by atoms with Crippen molar-refractivity contribution >= 4 is 41.7 Å². The van der Waals surface area contributed by atoms with Gasteiger partial charge in [-0.1, -0.05) is 6.92 Å². The maximum absolute atomic E-state index is 9.64. The van der Waals surface area contributed by atoms with Crippen LogP contribution in [-0.4, -0.2) is 60.0 Å². The zero-order valence-electron chi connectivity index (χ0n) is 15.1. The van der Waals surface area contributed by atoms with Gasteiger partial charge in [0.2, 0.25) is 0 Å². The lowest BCUT2D eigenvalue weighted by atomic mass is 9.93. The largest absolute Gasteiger partial charge is 0.393 e. The molecular weight excluding hydrogens is 437 g/mol. The molecule has 142 valence electrons. The van der Waals surface area contributed by atoms with E-state index >= 15 is 0 Å². The average Bonchev–Trinajstić information content (AvgIpc) is 2.56. The van der Waals surface area contributed by atoms with E-state index in [1.807, 2.05) is 11.8 Å². The highest BCUT2D eigenvalue weighted by molar-refractivity contribution is 14.0. The zero-order chi connectivity index (χ0) is 16.5. The van der Waals surface area contributed by atoms with Gasteiger partial charge in [-0.3, -0.25) is 4.99 Å². The minimum Gasteiger partial charge on any atom is -0.393 e. The number of aliphatic hydroxyl groups is 1. The van der Waals surface area contributed by atoms with Crippen LogP contribution in [0.5, 0.6) is 0 Å². The van der Waals surface area contributed by atoms with Crippen LogP contribution < -0.4 is 10.6 Å². The second kappa shape index (κ2) is 11.8. The molecule has 5 nitrogen and oxygen atoms in total. The Bertz CT molecular complexity index is 365. The number of hydrogen-bond acceptors (Lipinski definition) is 4. The van der Waals surface area contributed by atoms with Gasteiger partial charge in [0.1, 0.15) is 0 Å². The maximum atomic E-state index is 9.64. The Morgan fingerprint density at radius 3 is 2.46 bits per heavy atom. The first kappa shape index (κ1) is 22.3. The summed E-state index contributed by atoms with van der Waals surface area (Å²) in [6.45, 7) is 7.76. The number of guanidine groups is 1. The Kier molecular flexibility index (Phi) is 11.0. The molecule has 0 unspecified atom stereocenters. The minimum atomic E-state index is -0.112. The number of aliphatic imine (C=N–C) groups is 1. The summed E-state index contributed by atoms with van der Waals surface area (Å²) in [7, 11) is 0. The highest BCUT2D eigenvalue weighted by atomic mass is 127. The van der Waals surface area contributed by atoms with Crippen LogP contribution in [0.2, 0.25) is 0 Å². The fourth-order valence-corrected chi connectivity index (χ4v) is 4.58. The Morgan fingerprint density at radius 2 is 1.88 bits per heavy atom. The molecule has 0 amide bonds. The van der Waals surface area contributed by atoms with Crippen molar-refractivity contribution in [1.82, 2.24) is 10.6 Å². The summed E-state index contributed by atoms with van der Waals surface area (Å²) in [5, 5.41) is 16.6.